The van der Waals surface area contributed by atoms with E-state index in [-0.39, 0.29) is 16.9 Å². The molecule has 24 heavy (non-hydrogen) atoms. The van der Waals surface area contributed by atoms with Crippen molar-refractivity contribution in [3.05, 3.63) is 29.1 Å². The van der Waals surface area contributed by atoms with Gasteiger partial charge in [0, 0.05) is 23.8 Å². The van der Waals surface area contributed by atoms with Crippen LogP contribution in [-0.2, 0) is 14.8 Å². The average Bonchev–Trinajstić information content (AvgIpc) is 3.21. The lowest BCUT2D eigenvalue weighted by atomic mass is 10.2. The monoisotopic (exact) mass is 368 g/mol. The summed E-state index contributed by atoms with van der Waals surface area (Å²) in [5.74, 6) is -0.375. The fourth-order valence-electron chi connectivity index (χ4n) is 2.82. The number of hydrogen-bond donors (Lipinski definition) is 1. The van der Waals surface area contributed by atoms with Crippen LogP contribution < -0.4 is 5.32 Å². The van der Waals surface area contributed by atoms with Crippen LogP contribution in [0.25, 0.3) is 10.1 Å². The van der Waals surface area contributed by atoms with E-state index >= 15 is 0 Å². The second-order valence-electron chi connectivity index (χ2n) is 5.67. The highest BCUT2D eigenvalue weighted by Gasteiger charge is 2.32. The summed E-state index contributed by atoms with van der Waals surface area (Å²) >= 11 is 1.31. The highest BCUT2D eigenvalue weighted by molar-refractivity contribution is 7.89. The minimum atomic E-state index is -3.51. The zero-order valence-corrected chi connectivity index (χ0v) is 15.2. The first kappa shape index (κ1) is 17.3. The van der Waals surface area contributed by atoms with Crippen LogP contribution in [0.3, 0.4) is 0 Å². The lowest BCUT2D eigenvalue weighted by Crippen LogP contribution is -2.33. The molecule has 6 nitrogen and oxygen atoms in total. The second kappa shape index (κ2) is 6.79. The van der Waals surface area contributed by atoms with E-state index in [1.54, 1.807) is 31.2 Å². The summed E-state index contributed by atoms with van der Waals surface area (Å²) in [6, 6.07) is 6.88. The van der Waals surface area contributed by atoms with Crippen molar-refractivity contribution in [1.82, 2.24) is 9.62 Å². The third kappa shape index (κ3) is 3.19. The number of esters is 1. The minimum Gasteiger partial charge on any atom is -0.462 e. The minimum absolute atomic E-state index is 0.195. The van der Waals surface area contributed by atoms with Gasteiger partial charge in [0.05, 0.1) is 11.5 Å². The predicted octanol–water partition coefficient (Wildman–Crippen LogP) is 2.06. The molecule has 1 unspecified atom stereocenters. The molecule has 1 fully saturated rings. The molecule has 3 rings (SSSR count). The van der Waals surface area contributed by atoms with E-state index in [1.807, 2.05) is 7.05 Å². The summed E-state index contributed by atoms with van der Waals surface area (Å²) in [6.45, 7) is 3.07. The number of benzene rings is 1. The highest BCUT2D eigenvalue weighted by Crippen LogP contribution is 2.30. The average molecular weight is 368 g/mol. The van der Waals surface area contributed by atoms with Crippen molar-refractivity contribution in [2.75, 3.05) is 26.7 Å². The quantitative estimate of drug-likeness (QED) is 0.818. The van der Waals surface area contributed by atoms with E-state index in [4.69, 9.17) is 4.74 Å². The van der Waals surface area contributed by atoms with Gasteiger partial charge >= 0.3 is 5.97 Å². The van der Waals surface area contributed by atoms with Crippen LogP contribution in [0.4, 0.5) is 0 Å². The number of hydrogen-bond acceptors (Lipinski definition) is 6. The molecule has 0 amide bonds. The van der Waals surface area contributed by atoms with Crippen LogP contribution in [0.2, 0.25) is 0 Å². The lowest BCUT2D eigenvalue weighted by molar-refractivity contribution is 0.0532. The first-order chi connectivity index (χ1) is 11.5. The van der Waals surface area contributed by atoms with Crippen LogP contribution in [0, 0.1) is 0 Å². The number of rotatable bonds is 5. The molecule has 1 aromatic heterocycles. The van der Waals surface area contributed by atoms with E-state index in [9.17, 15) is 13.2 Å². The molecule has 0 bridgehead atoms. The van der Waals surface area contributed by atoms with Gasteiger partial charge in [-0.15, -0.1) is 11.3 Å². The van der Waals surface area contributed by atoms with Crippen molar-refractivity contribution < 1.29 is 17.9 Å². The molecule has 0 aliphatic carbocycles. The number of ether oxygens (including phenoxy) is 1. The highest BCUT2D eigenvalue weighted by atomic mass is 32.2. The second-order valence-corrected chi connectivity index (χ2v) is 8.69. The largest absolute Gasteiger partial charge is 0.462 e. The van der Waals surface area contributed by atoms with Crippen molar-refractivity contribution in [3.63, 3.8) is 0 Å². The lowest BCUT2D eigenvalue weighted by Gasteiger charge is -2.16. The number of thiophene rings is 1. The molecule has 2 heterocycles. The molecular weight excluding hydrogens is 348 g/mol. The van der Waals surface area contributed by atoms with Gasteiger partial charge < -0.3 is 10.1 Å². The first-order valence-electron chi connectivity index (χ1n) is 7.84. The Hall–Kier alpha value is -1.48. The maximum Gasteiger partial charge on any atom is 0.348 e. The number of carbonyl (C=O) groups excluding carboxylic acids is 1. The van der Waals surface area contributed by atoms with Crippen LogP contribution in [0.15, 0.2) is 29.2 Å². The Morgan fingerprint density at radius 3 is 2.88 bits per heavy atom. The maximum absolute atomic E-state index is 12.8. The normalized spacial score (nSPS) is 19.0. The Kier molecular flexibility index (Phi) is 4.91. The molecule has 0 spiro atoms. The van der Waals surface area contributed by atoms with E-state index < -0.39 is 10.0 Å². The van der Waals surface area contributed by atoms with Gasteiger partial charge in [0.1, 0.15) is 4.88 Å². The maximum atomic E-state index is 12.8. The van der Waals surface area contributed by atoms with Gasteiger partial charge in [-0.05, 0) is 50.0 Å². The number of likely N-dealkylation sites (N-methyl/N-ethyl adjacent to an activating group) is 1. The van der Waals surface area contributed by atoms with Crippen LogP contribution in [0.5, 0.6) is 0 Å². The summed E-state index contributed by atoms with van der Waals surface area (Å²) in [5.41, 5.74) is 0. The number of nitrogens with zero attached hydrogens (tertiary/aromatic N) is 1. The molecule has 130 valence electrons. The number of sulfonamides is 1. The molecule has 1 aliphatic rings. The van der Waals surface area contributed by atoms with Gasteiger partial charge in [-0.1, -0.05) is 0 Å². The molecule has 8 heteroatoms. The molecule has 1 N–H and O–H groups in total. The van der Waals surface area contributed by atoms with Crippen molar-refractivity contribution in [2.24, 2.45) is 0 Å². The van der Waals surface area contributed by atoms with E-state index in [0.29, 0.717) is 24.6 Å². The van der Waals surface area contributed by atoms with E-state index in [1.165, 1.54) is 15.6 Å². The van der Waals surface area contributed by atoms with Crippen molar-refractivity contribution in [1.29, 1.82) is 0 Å². The first-order valence-corrected chi connectivity index (χ1v) is 10.1. The molecule has 1 aromatic carbocycles. The van der Waals surface area contributed by atoms with E-state index in [0.717, 1.165) is 16.5 Å². The smallest absolute Gasteiger partial charge is 0.348 e. The molecule has 1 aliphatic heterocycles. The third-order valence-corrected chi connectivity index (χ3v) is 7.12. The molecule has 2 aromatic rings. The fourth-order valence-corrected chi connectivity index (χ4v) is 5.29. The Balaban J connectivity index is 1.91. The summed E-state index contributed by atoms with van der Waals surface area (Å²) < 4.78 is 33.0. The van der Waals surface area contributed by atoms with Crippen LogP contribution in [-0.4, -0.2) is 51.5 Å². The standard InChI is InChI=1S/C16H20N2O4S2/c1-3-22-16(19)15-9-11-8-13(4-5-14(11)23-15)24(20,21)18-7-6-12(10-18)17-2/h4-5,8-9,12,17H,3,6-7,10H2,1-2H3. The van der Waals surface area contributed by atoms with Gasteiger partial charge in [0.2, 0.25) is 10.0 Å². The number of fused-ring (bicyclic) bond motifs is 1. The van der Waals surface area contributed by atoms with Crippen molar-refractivity contribution in [2.45, 2.75) is 24.3 Å². The molecule has 0 saturated carbocycles. The Bertz CT molecular complexity index is 860. The SMILES string of the molecule is CCOC(=O)c1cc2cc(S(=O)(=O)N3CCC(NC)C3)ccc2s1. The number of nitrogens with one attached hydrogen (secondary N) is 1. The topological polar surface area (TPSA) is 75.7 Å². The van der Waals surface area contributed by atoms with Crippen LogP contribution in [0.1, 0.15) is 23.0 Å². The van der Waals surface area contributed by atoms with Crippen LogP contribution >= 0.6 is 11.3 Å². The van der Waals surface area contributed by atoms with Gasteiger partial charge in [-0.2, -0.15) is 4.31 Å². The summed E-state index contributed by atoms with van der Waals surface area (Å²) in [6.07, 6.45) is 0.809. The summed E-state index contributed by atoms with van der Waals surface area (Å²) in [4.78, 5) is 12.6. The Morgan fingerprint density at radius 1 is 1.42 bits per heavy atom. The van der Waals surface area contributed by atoms with Crippen molar-refractivity contribution in [3.8, 4) is 0 Å². The van der Waals surface area contributed by atoms with Gasteiger partial charge in [0.15, 0.2) is 0 Å². The summed E-state index contributed by atoms with van der Waals surface area (Å²) in [5, 5.41) is 3.86. The van der Waals surface area contributed by atoms with Gasteiger partial charge in [-0.25, -0.2) is 13.2 Å². The van der Waals surface area contributed by atoms with E-state index in [2.05, 4.69) is 5.32 Å². The third-order valence-electron chi connectivity index (χ3n) is 4.16. The van der Waals surface area contributed by atoms with Gasteiger partial charge in [-0.3, -0.25) is 0 Å². The van der Waals surface area contributed by atoms with Crippen molar-refractivity contribution >= 4 is 37.4 Å². The summed E-state index contributed by atoms with van der Waals surface area (Å²) in [7, 11) is -1.67. The number of carbonyl (C=O) groups is 1. The molecule has 0 radical (unpaired) electrons. The fraction of sp³-hybridized carbons (Fsp3) is 0.438. The predicted molar refractivity (Wildman–Crippen MR) is 94.0 cm³/mol. The molecular formula is C16H20N2O4S2. The Labute approximate surface area is 145 Å². The Morgan fingerprint density at radius 2 is 2.21 bits per heavy atom. The van der Waals surface area contributed by atoms with Gasteiger partial charge in [0.25, 0.3) is 0 Å². The molecule has 1 saturated heterocycles. The zero-order chi connectivity index (χ0) is 17.3. The zero-order valence-electron chi connectivity index (χ0n) is 13.6. The molecule has 1 atom stereocenters.